The van der Waals surface area contributed by atoms with Crippen LogP contribution in [0.3, 0.4) is 0 Å². The van der Waals surface area contributed by atoms with E-state index >= 15 is 0 Å². The molecule has 0 unspecified atom stereocenters. The zero-order valence-electron chi connectivity index (χ0n) is 16.0. The summed E-state index contributed by atoms with van der Waals surface area (Å²) in [7, 11) is 3.85. The average molecular weight is 387 g/mol. The van der Waals surface area contributed by atoms with Crippen LogP contribution in [0.15, 0.2) is 54.6 Å². The number of carboxylic acid groups (broad SMARTS) is 2. The average Bonchev–Trinajstić information content (AvgIpc) is 2.71. The minimum absolute atomic E-state index is 0.234. The second-order valence-electron chi connectivity index (χ2n) is 6.55. The van der Waals surface area contributed by atoms with Crippen LogP contribution < -0.4 is 9.47 Å². The van der Waals surface area contributed by atoms with Gasteiger partial charge in [-0.2, -0.15) is 0 Å². The number of piperidine rings is 1. The molecule has 0 spiro atoms. The predicted octanol–water partition coefficient (Wildman–Crippen LogP) is 2.85. The van der Waals surface area contributed by atoms with Gasteiger partial charge < -0.3 is 24.6 Å². The fourth-order valence-corrected chi connectivity index (χ4v) is 3.04. The lowest BCUT2D eigenvalue weighted by Gasteiger charge is -2.41. The molecule has 0 aliphatic carbocycles. The molecular weight excluding hydrogens is 362 g/mol. The summed E-state index contributed by atoms with van der Waals surface area (Å²) in [5, 5.41) is 14.8. The standard InChI is InChI=1S/C19H23NO2.C2H2O4/c1-20-14-12-19(13-15-20,16-6-4-3-5-7-16)22-18-10-8-17(21-2)9-11-18;3-1(4)2(5)6/h3-11H,12-15H2,1-2H3;(H,3,4)(H,5,6). The van der Waals surface area contributed by atoms with Crippen LogP contribution >= 0.6 is 0 Å². The first-order valence-electron chi connectivity index (χ1n) is 8.89. The summed E-state index contributed by atoms with van der Waals surface area (Å²) in [5.74, 6) is -1.90. The Labute approximate surface area is 164 Å². The molecule has 2 aromatic carbocycles. The largest absolute Gasteiger partial charge is 0.497 e. The van der Waals surface area contributed by atoms with Gasteiger partial charge in [-0.15, -0.1) is 0 Å². The van der Waals surface area contributed by atoms with Gasteiger partial charge in [0.25, 0.3) is 0 Å². The van der Waals surface area contributed by atoms with Crippen molar-refractivity contribution in [2.24, 2.45) is 0 Å². The summed E-state index contributed by atoms with van der Waals surface area (Å²) in [6.45, 7) is 2.09. The van der Waals surface area contributed by atoms with Crippen molar-refractivity contribution in [1.82, 2.24) is 4.90 Å². The molecule has 150 valence electrons. The highest BCUT2D eigenvalue weighted by atomic mass is 16.5. The van der Waals surface area contributed by atoms with Gasteiger partial charge in [0.15, 0.2) is 0 Å². The summed E-state index contributed by atoms with van der Waals surface area (Å²) in [4.78, 5) is 20.6. The number of hydrogen-bond donors (Lipinski definition) is 2. The highest BCUT2D eigenvalue weighted by Crippen LogP contribution is 2.37. The molecule has 1 aliphatic heterocycles. The van der Waals surface area contributed by atoms with E-state index in [0.29, 0.717) is 0 Å². The van der Waals surface area contributed by atoms with Crippen LogP contribution in [-0.4, -0.2) is 54.3 Å². The van der Waals surface area contributed by atoms with Crippen LogP contribution in [0.1, 0.15) is 18.4 Å². The van der Waals surface area contributed by atoms with Crippen LogP contribution in [0.4, 0.5) is 0 Å². The van der Waals surface area contributed by atoms with Crippen molar-refractivity contribution in [3.63, 3.8) is 0 Å². The van der Waals surface area contributed by atoms with Crippen LogP contribution in [0.2, 0.25) is 0 Å². The van der Waals surface area contributed by atoms with E-state index < -0.39 is 11.9 Å². The molecule has 1 fully saturated rings. The van der Waals surface area contributed by atoms with Crippen molar-refractivity contribution < 1.29 is 29.3 Å². The molecule has 2 N–H and O–H groups in total. The van der Waals surface area contributed by atoms with Crippen molar-refractivity contribution in [1.29, 1.82) is 0 Å². The zero-order valence-corrected chi connectivity index (χ0v) is 16.0. The number of nitrogens with zero attached hydrogens (tertiary/aromatic N) is 1. The smallest absolute Gasteiger partial charge is 0.414 e. The summed E-state index contributed by atoms with van der Waals surface area (Å²) < 4.78 is 11.7. The molecule has 7 heteroatoms. The summed E-state index contributed by atoms with van der Waals surface area (Å²) in [5.41, 5.74) is 1.03. The Kier molecular flexibility index (Phi) is 7.40. The summed E-state index contributed by atoms with van der Waals surface area (Å²) in [6, 6.07) is 18.5. The minimum atomic E-state index is -1.82. The highest BCUT2D eigenvalue weighted by Gasteiger charge is 2.37. The van der Waals surface area contributed by atoms with E-state index in [1.165, 1.54) is 5.56 Å². The van der Waals surface area contributed by atoms with Crippen molar-refractivity contribution in [2.45, 2.75) is 18.4 Å². The fourth-order valence-electron chi connectivity index (χ4n) is 3.04. The topological polar surface area (TPSA) is 96.3 Å². The van der Waals surface area contributed by atoms with Gasteiger partial charge in [0.2, 0.25) is 0 Å². The van der Waals surface area contributed by atoms with Gasteiger partial charge in [-0.1, -0.05) is 30.3 Å². The molecule has 3 rings (SSSR count). The molecular formula is C21H25NO6. The van der Waals surface area contributed by atoms with Crippen LogP contribution in [-0.2, 0) is 15.2 Å². The van der Waals surface area contributed by atoms with Gasteiger partial charge >= 0.3 is 11.9 Å². The summed E-state index contributed by atoms with van der Waals surface area (Å²) >= 11 is 0. The first-order valence-corrected chi connectivity index (χ1v) is 8.89. The van der Waals surface area contributed by atoms with Crippen LogP contribution in [0.5, 0.6) is 11.5 Å². The Hall–Kier alpha value is -3.06. The molecule has 0 aromatic heterocycles. The van der Waals surface area contributed by atoms with Gasteiger partial charge in [0, 0.05) is 25.9 Å². The summed E-state index contributed by atoms with van der Waals surface area (Å²) in [6.07, 6.45) is 2.00. The quantitative estimate of drug-likeness (QED) is 0.779. The van der Waals surface area contributed by atoms with E-state index in [0.717, 1.165) is 37.4 Å². The number of rotatable bonds is 4. The maximum atomic E-state index is 9.10. The zero-order chi connectivity index (χ0) is 20.6. The van der Waals surface area contributed by atoms with Crippen molar-refractivity contribution in [2.75, 3.05) is 27.2 Å². The van der Waals surface area contributed by atoms with Crippen molar-refractivity contribution in [3.8, 4) is 11.5 Å². The molecule has 1 saturated heterocycles. The molecule has 0 atom stereocenters. The van der Waals surface area contributed by atoms with Gasteiger partial charge in [-0.05, 0) is 36.9 Å². The monoisotopic (exact) mass is 387 g/mol. The normalized spacial score (nSPS) is 15.6. The second-order valence-corrected chi connectivity index (χ2v) is 6.55. The fraction of sp³-hybridized carbons (Fsp3) is 0.333. The van der Waals surface area contributed by atoms with E-state index in [4.69, 9.17) is 29.3 Å². The highest BCUT2D eigenvalue weighted by molar-refractivity contribution is 6.27. The second kappa shape index (κ2) is 9.75. The number of likely N-dealkylation sites (tertiary alicyclic amines) is 1. The Morgan fingerprint density at radius 3 is 1.86 bits per heavy atom. The number of hydrogen-bond acceptors (Lipinski definition) is 5. The minimum Gasteiger partial charge on any atom is -0.497 e. The number of aliphatic carboxylic acids is 2. The number of carbonyl (C=O) groups is 2. The third-order valence-electron chi connectivity index (χ3n) is 4.65. The maximum Gasteiger partial charge on any atom is 0.414 e. The third kappa shape index (κ3) is 5.72. The van der Waals surface area contributed by atoms with Crippen molar-refractivity contribution in [3.05, 3.63) is 60.2 Å². The number of ether oxygens (including phenoxy) is 2. The lowest BCUT2D eigenvalue weighted by molar-refractivity contribution is -0.159. The maximum absolute atomic E-state index is 9.10. The Morgan fingerprint density at radius 2 is 1.39 bits per heavy atom. The van der Waals surface area contributed by atoms with E-state index in [-0.39, 0.29) is 5.60 Å². The Morgan fingerprint density at radius 1 is 0.893 bits per heavy atom. The Bertz CT molecular complexity index is 755. The van der Waals surface area contributed by atoms with E-state index in [2.05, 4.69) is 42.3 Å². The van der Waals surface area contributed by atoms with Crippen LogP contribution in [0.25, 0.3) is 0 Å². The molecule has 1 aliphatic rings. The third-order valence-corrected chi connectivity index (χ3v) is 4.65. The van der Waals surface area contributed by atoms with Gasteiger partial charge in [0.1, 0.15) is 17.1 Å². The molecule has 0 radical (unpaired) electrons. The molecule has 1 heterocycles. The first kappa shape index (κ1) is 21.2. The molecule has 0 saturated carbocycles. The molecule has 0 amide bonds. The Balaban J connectivity index is 0.000000409. The first-order chi connectivity index (χ1) is 13.4. The SMILES string of the molecule is COc1ccc(OC2(c3ccccc3)CCN(C)CC2)cc1.O=C(O)C(=O)O. The van der Waals surface area contributed by atoms with Gasteiger partial charge in [-0.3, -0.25) is 0 Å². The number of benzene rings is 2. The van der Waals surface area contributed by atoms with E-state index in [1.807, 2.05) is 24.3 Å². The van der Waals surface area contributed by atoms with Gasteiger partial charge in [-0.25, -0.2) is 9.59 Å². The molecule has 2 aromatic rings. The molecule has 7 nitrogen and oxygen atoms in total. The lowest BCUT2D eigenvalue weighted by Crippen LogP contribution is -2.44. The van der Waals surface area contributed by atoms with Crippen LogP contribution in [0, 0.1) is 0 Å². The number of carboxylic acids is 2. The molecule has 28 heavy (non-hydrogen) atoms. The lowest BCUT2D eigenvalue weighted by atomic mass is 9.84. The van der Waals surface area contributed by atoms with Crippen molar-refractivity contribution >= 4 is 11.9 Å². The van der Waals surface area contributed by atoms with Gasteiger partial charge in [0.05, 0.1) is 7.11 Å². The van der Waals surface area contributed by atoms with E-state index in [1.54, 1.807) is 7.11 Å². The molecule has 0 bridgehead atoms. The predicted molar refractivity (Wildman–Crippen MR) is 104 cm³/mol. The number of methoxy groups -OCH3 is 1. The van der Waals surface area contributed by atoms with E-state index in [9.17, 15) is 0 Å².